The maximum absolute atomic E-state index is 13.4. The minimum absolute atomic E-state index is 0.0118. The van der Waals surface area contributed by atoms with Crippen LogP contribution in [0.15, 0.2) is 54.7 Å². The van der Waals surface area contributed by atoms with Gasteiger partial charge in [0.15, 0.2) is 5.65 Å². The molecule has 3 heterocycles. The maximum Gasteiger partial charge on any atom is 0.247 e. The number of hydrogen-bond acceptors (Lipinski definition) is 5. The number of nitrogens with zero attached hydrogens (tertiary/aromatic N) is 4. The second-order valence-electron chi connectivity index (χ2n) is 6.01. The van der Waals surface area contributed by atoms with Crippen molar-refractivity contribution in [1.29, 1.82) is 0 Å². The first-order valence-electron chi connectivity index (χ1n) is 8.10. The fraction of sp³-hybridized carbons (Fsp3) is 0.105. The van der Waals surface area contributed by atoms with Gasteiger partial charge >= 0.3 is 0 Å². The lowest BCUT2D eigenvalue weighted by Crippen LogP contribution is -2.00. The number of fused-ring (bicyclic) bond motifs is 1. The van der Waals surface area contributed by atoms with Crippen LogP contribution < -0.4 is 5.32 Å². The summed E-state index contributed by atoms with van der Waals surface area (Å²) in [5.41, 5.74) is 3.81. The van der Waals surface area contributed by atoms with Crippen LogP contribution >= 0.6 is 0 Å². The highest BCUT2D eigenvalue weighted by Gasteiger charge is 2.09. The van der Waals surface area contributed by atoms with Crippen LogP contribution in [0, 0.1) is 12.7 Å². The Hall–Kier alpha value is -3.48. The quantitative estimate of drug-likeness (QED) is 0.589. The number of aromatic hydroxyl groups is 1. The third kappa shape index (κ3) is 3.19. The lowest BCUT2D eigenvalue weighted by molar-refractivity contribution is 0.453. The van der Waals surface area contributed by atoms with E-state index in [1.54, 1.807) is 35.8 Å². The molecular weight excluding hydrogens is 333 g/mol. The Kier molecular flexibility index (Phi) is 3.96. The van der Waals surface area contributed by atoms with Crippen molar-refractivity contribution >= 4 is 17.3 Å². The van der Waals surface area contributed by atoms with Crippen molar-refractivity contribution in [3.05, 3.63) is 77.4 Å². The third-order valence-corrected chi connectivity index (χ3v) is 4.05. The minimum atomic E-state index is -0.249. The molecule has 0 radical (unpaired) electrons. The largest absolute Gasteiger partial charge is 0.493 e. The highest BCUT2D eigenvalue weighted by Crippen LogP contribution is 2.19. The Morgan fingerprint density at radius 3 is 2.85 bits per heavy atom. The van der Waals surface area contributed by atoms with Crippen molar-refractivity contribution in [1.82, 2.24) is 19.6 Å². The Morgan fingerprint density at radius 1 is 1.15 bits per heavy atom. The summed E-state index contributed by atoms with van der Waals surface area (Å²) < 4.78 is 15.2. The number of anilines is 2. The number of aromatic nitrogens is 4. The van der Waals surface area contributed by atoms with E-state index in [-0.39, 0.29) is 11.7 Å². The highest BCUT2D eigenvalue weighted by molar-refractivity contribution is 5.57. The van der Waals surface area contributed by atoms with Crippen LogP contribution in [0.5, 0.6) is 5.88 Å². The van der Waals surface area contributed by atoms with Gasteiger partial charge in [-0.15, -0.1) is 5.10 Å². The van der Waals surface area contributed by atoms with E-state index in [9.17, 15) is 9.50 Å². The average molecular weight is 349 g/mol. The first-order valence-corrected chi connectivity index (χ1v) is 8.10. The molecule has 0 unspecified atom stereocenters. The molecule has 0 aliphatic heterocycles. The van der Waals surface area contributed by atoms with Crippen LogP contribution in [0.4, 0.5) is 16.0 Å². The molecule has 3 aromatic heterocycles. The Labute approximate surface area is 149 Å². The first kappa shape index (κ1) is 16.0. The number of hydrogen-bond donors (Lipinski definition) is 2. The van der Waals surface area contributed by atoms with Crippen LogP contribution in [-0.2, 0) is 6.42 Å². The molecule has 0 aliphatic carbocycles. The molecule has 0 aliphatic rings. The van der Waals surface area contributed by atoms with Crippen LogP contribution in [0.25, 0.3) is 5.65 Å². The Balaban J connectivity index is 1.65. The predicted molar refractivity (Wildman–Crippen MR) is 96.1 cm³/mol. The van der Waals surface area contributed by atoms with Gasteiger partial charge in [0.1, 0.15) is 5.82 Å². The van der Waals surface area contributed by atoms with Crippen LogP contribution in [-0.4, -0.2) is 24.7 Å². The van der Waals surface area contributed by atoms with E-state index in [1.807, 2.05) is 24.3 Å². The minimum Gasteiger partial charge on any atom is -0.493 e. The van der Waals surface area contributed by atoms with Gasteiger partial charge in [-0.2, -0.15) is 4.98 Å². The molecule has 6 nitrogen and oxygen atoms in total. The fourth-order valence-corrected chi connectivity index (χ4v) is 2.78. The van der Waals surface area contributed by atoms with E-state index in [1.165, 1.54) is 6.07 Å². The third-order valence-electron chi connectivity index (χ3n) is 4.05. The summed E-state index contributed by atoms with van der Waals surface area (Å²) in [4.78, 5) is 8.26. The number of nitrogens with one attached hydrogen (secondary N) is 1. The fourth-order valence-electron chi connectivity index (χ4n) is 2.78. The van der Waals surface area contributed by atoms with Crippen LogP contribution in [0.1, 0.15) is 16.8 Å². The molecule has 0 spiro atoms. The summed E-state index contributed by atoms with van der Waals surface area (Å²) in [6, 6.07) is 14.0. The van der Waals surface area contributed by atoms with E-state index >= 15 is 0 Å². The standard InChI is InChI=1S/C19H16FN5O/c1-12-9-14(5-6-16(12)20)22-19-23-17-4-2-3-15(25(17)24-19)10-13-7-8-21-18(26)11-13/h2-9,11H,10H2,1H3,(H,21,26)(H,22,24). The highest BCUT2D eigenvalue weighted by atomic mass is 19.1. The molecule has 130 valence electrons. The molecule has 0 fully saturated rings. The van der Waals surface area contributed by atoms with Gasteiger partial charge in [0.05, 0.1) is 0 Å². The number of aryl methyl sites for hydroxylation is 1. The monoisotopic (exact) mass is 349 g/mol. The van der Waals surface area contributed by atoms with Crippen LogP contribution in [0.3, 0.4) is 0 Å². The SMILES string of the molecule is Cc1cc(Nc2nc3cccc(Cc4ccnc(O)c4)n3n2)ccc1F. The molecule has 7 heteroatoms. The average Bonchev–Trinajstić information content (AvgIpc) is 3.02. The topological polar surface area (TPSA) is 75.3 Å². The van der Waals surface area contributed by atoms with E-state index in [0.29, 0.717) is 23.6 Å². The zero-order valence-electron chi connectivity index (χ0n) is 14.0. The summed E-state index contributed by atoms with van der Waals surface area (Å²) in [6.07, 6.45) is 2.14. The lowest BCUT2D eigenvalue weighted by Gasteiger charge is -2.05. The number of rotatable bonds is 4. The molecule has 0 bridgehead atoms. The summed E-state index contributed by atoms with van der Waals surface area (Å²) >= 11 is 0. The van der Waals surface area contributed by atoms with E-state index in [0.717, 1.165) is 16.9 Å². The summed E-state index contributed by atoms with van der Waals surface area (Å²) in [5, 5.41) is 17.1. The summed E-state index contributed by atoms with van der Waals surface area (Å²) in [5.74, 6) is 0.171. The van der Waals surface area contributed by atoms with Gasteiger partial charge < -0.3 is 10.4 Å². The molecule has 2 N–H and O–H groups in total. The zero-order valence-corrected chi connectivity index (χ0v) is 14.0. The van der Waals surface area contributed by atoms with Gasteiger partial charge in [-0.05, 0) is 54.4 Å². The van der Waals surface area contributed by atoms with Gasteiger partial charge in [0, 0.05) is 30.1 Å². The first-order chi connectivity index (χ1) is 12.6. The smallest absolute Gasteiger partial charge is 0.247 e. The normalized spacial score (nSPS) is 11.0. The van der Waals surface area contributed by atoms with Crippen molar-refractivity contribution in [2.45, 2.75) is 13.3 Å². The summed E-state index contributed by atoms with van der Waals surface area (Å²) in [6.45, 7) is 1.71. The Bertz CT molecular complexity index is 1090. The van der Waals surface area contributed by atoms with E-state index < -0.39 is 0 Å². The summed E-state index contributed by atoms with van der Waals surface area (Å²) in [7, 11) is 0. The molecule has 0 atom stereocenters. The molecule has 0 amide bonds. The van der Waals surface area contributed by atoms with Crippen molar-refractivity contribution in [2.24, 2.45) is 0 Å². The van der Waals surface area contributed by atoms with Gasteiger partial charge in [-0.1, -0.05) is 6.07 Å². The molecule has 4 rings (SSSR count). The van der Waals surface area contributed by atoms with Crippen molar-refractivity contribution in [2.75, 3.05) is 5.32 Å². The lowest BCUT2D eigenvalue weighted by atomic mass is 10.1. The molecule has 4 aromatic rings. The molecule has 0 saturated heterocycles. The van der Waals surface area contributed by atoms with Crippen molar-refractivity contribution in [3.63, 3.8) is 0 Å². The molecular formula is C19H16FN5O. The van der Waals surface area contributed by atoms with Gasteiger partial charge in [-0.3, -0.25) is 0 Å². The van der Waals surface area contributed by atoms with E-state index in [2.05, 4.69) is 20.4 Å². The van der Waals surface area contributed by atoms with Crippen molar-refractivity contribution in [3.8, 4) is 5.88 Å². The number of halogens is 1. The second-order valence-corrected chi connectivity index (χ2v) is 6.01. The second kappa shape index (κ2) is 6.44. The Morgan fingerprint density at radius 2 is 2.04 bits per heavy atom. The maximum atomic E-state index is 13.4. The van der Waals surface area contributed by atoms with Gasteiger partial charge in [0.25, 0.3) is 0 Å². The zero-order chi connectivity index (χ0) is 18.1. The molecule has 0 saturated carbocycles. The van der Waals surface area contributed by atoms with Gasteiger partial charge in [-0.25, -0.2) is 13.9 Å². The molecule has 26 heavy (non-hydrogen) atoms. The van der Waals surface area contributed by atoms with Crippen molar-refractivity contribution < 1.29 is 9.50 Å². The predicted octanol–water partition coefficient (Wildman–Crippen LogP) is 3.61. The number of pyridine rings is 2. The van der Waals surface area contributed by atoms with E-state index in [4.69, 9.17) is 0 Å². The molecule has 1 aromatic carbocycles. The number of benzene rings is 1. The van der Waals surface area contributed by atoms with Gasteiger partial charge in [0.2, 0.25) is 11.8 Å². The van der Waals surface area contributed by atoms with Crippen LogP contribution in [0.2, 0.25) is 0 Å².